The highest BCUT2D eigenvalue weighted by Gasteiger charge is 2.27. The zero-order valence-corrected chi connectivity index (χ0v) is 14.7. The van der Waals surface area contributed by atoms with Crippen molar-refractivity contribution in [2.45, 2.75) is 46.1 Å². The van der Waals surface area contributed by atoms with Gasteiger partial charge in [-0.05, 0) is 29.5 Å². The Kier molecular flexibility index (Phi) is 5.11. The van der Waals surface area contributed by atoms with E-state index in [1.165, 1.54) is 30.8 Å². The number of hydrogen-bond donors (Lipinski definition) is 0. The highest BCUT2D eigenvalue weighted by atomic mass is 15.3. The van der Waals surface area contributed by atoms with Gasteiger partial charge in [0.05, 0.1) is 0 Å². The zero-order chi connectivity index (χ0) is 15.6. The van der Waals surface area contributed by atoms with Crippen LogP contribution in [0, 0.1) is 5.92 Å². The van der Waals surface area contributed by atoms with Gasteiger partial charge in [0.2, 0.25) is 0 Å². The highest BCUT2D eigenvalue weighted by Crippen LogP contribution is 2.28. The summed E-state index contributed by atoms with van der Waals surface area (Å²) in [5, 5.41) is 0. The quantitative estimate of drug-likeness (QED) is 0.831. The van der Waals surface area contributed by atoms with Crippen molar-refractivity contribution in [3.63, 3.8) is 0 Å². The molecule has 21 heavy (non-hydrogen) atoms. The molecule has 1 aliphatic heterocycles. The lowest BCUT2D eigenvalue weighted by Crippen LogP contribution is -2.47. The Bertz CT molecular complexity index is 442. The van der Waals surface area contributed by atoms with Crippen molar-refractivity contribution < 1.29 is 0 Å². The van der Waals surface area contributed by atoms with Gasteiger partial charge in [0, 0.05) is 32.2 Å². The lowest BCUT2D eigenvalue weighted by Gasteiger charge is -2.41. The Labute approximate surface area is 131 Å². The Morgan fingerprint density at radius 3 is 2.24 bits per heavy atom. The first-order valence-corrected chi connectivity index (χ1v) is 8.30. The first-order chi connectivity index (χ1) is 9.77. The third kappa shape index (κ3) is 4.31. The van der Waals surface area contributed by atoms with Crippen LogP contribution in [0.3, 0.4) is 0 Å². The van der Waals surface area contributed by atoms with Crippen LogP contribution >= 0.6 is 0 Å². The van der Waals surface area contributed by atoms with Crippen LogP contribution in [0.25, 0.3) is 0 Å². The smallest absolute Gasteiger partial charge is 0.0475 e. The highest BCUT2D eigenvalue weighted by molar-refractivity contribution is 5.29. The number of rotatable bonds is 3. The monoisotopic (exact) mass is 288 g/mol. The van der Waals surface area contributed by atoms with Gasteiger partial charge < -0.3 is 4.90 Å². The maximum absolute atomic E-state index is 2.66. The van der Waals surface area contributed by atoms with E-state index in [2.05, 4.69) is 75.7 Å². The summed E-state index contributed by atoms with van der Waals surface area (Å²) in [6.07, 6.45) is 0. The Hall–Kier alpha value is -0.860. The molecule has 0 aromatic heterocycles. The van der Waals surface area contributed by atoms with E-state index in [4.69, 9.17) is 0 Å². The fraction of sp³-hybridized carbons (Fsp3) is 0.684. The SMILES string of the molecule is CC(C)CN1CCN(C)CC1c1ccc(C(C)(C)C)cc1. The second kappa shape index (κ2) is 6.50. The molecule has 0 radical (unpaired) electrons. The molecule has 0 N–H and O–H groups in total. The number of benzene rings is 1. The zero-order valence-electron chi connectivity index (χ0n) is 14.7. The molecule has 2 rings (SSSR count). The van der Waals surface area contributed by atoms with Gasteiger partial charge in [0.15, 0.2) is 0 Å². The molecule has 0 saturated carbocycles. The first kappa shape index (κ1) is 16.5. The Morgan fingerprint density at radius 1 is 1.10 bits per heavy atom. The molecule has 118 valence electrons. The molecule has 1 atom stereocenters. The number of hydrogen-bond acceptors (Lipinski definition) is 2. The van der Waals surface area contributed by atoms with Gasteiger partial charge in [-0.1, -0.05) is 58.9 Å². The first-order valence-electron chi connectivity index (χ1n) is 8.30. The minimum Gasteiger partial charge on any atom is -0.303 e. The van der Waals surface area contributed by atoms with Crippen LogP contribution in [-0.2, 0) is 5.41 Å². The van der Waals surface area contributed by atoms with Crippen LogP contribution in [0.4, 0.5) is 0 Å². The summed E-state index contributed by atoms with van der Waals surface area (Å²) in [6.45, 7) is 16.2. The van der Waals surface area contributed by atoms with E-state index in [1.807, 2.05) is 0 Å². The van der Waals surface area contributed by atoms with Crippen LogP contribution in [0.15, 0.2) is 24.3 Å². The molecule has 1 aromatic carbocycles. The van der Waals surface area contributed by atoms with Crippen molar-refractivity contribution in [2.24, 2.45) is 5.92 Å². The number of piperazine rings is 1. The normalized spacial score (nSPS) is 22.0. The van der Waals surface area contributed by atoms with Crippen LogP contribution in [0.2, 0.25) is 0 Å². The molecule has 0 amide bonds. The number of likely N-dealkylation sites (N-methyl/N-ethyl adjacent to an activating group) is 1. The summed E-state index contributed by atoms with van der Waals surface area (Å²) in [5.41, 5.74) is 3.13. The van der Waals surface area contributed by atoms with E-state index in [-0.39, 0.29) is 5.41 Å². The van der Waals surface area contributed by atoms with Crippen molar-refractivity contribution in [2.75, 3.05) is 33.2 Å². The van der Waals surface area contributed by atoms with Gasteiger partial charge in [-0.25, -0.2) is 0 Å². The Balaban J connectivity index is 2.19. The molecule has 2 heteroatoms. The van der Waals surface area contributed by atoms with E-state index < -0.39 is 0 Å². The van der Waals surface area contributed by atoms with E-state index >= 15 is 0 Å². The lowest BCUT2D eigenvalue weighted by molar-refractivity contribution is 0.0795. The molecule has 1 aromatic rings. The van der Waals surface area contributed by atoms with Gasteiger partial charge in [-0.2, -0.15) is 0 Å². The fourth-order valence-corrected chi connectivity index (χ4v) is 3.17. The summed E-state index contributed by atoms with van der Waals surface area (Å²) in [4.78, 5) is 5.12. The fourth-order valence-electron chi connectivity index (χ4n) is 3.17. The predicted molar refractivity (Wildman–Crippen MR) is 91.8 cm³/mol. The van der Waals surface area contributed by atoms with Crippen molar-refractivity contribution in [1.29, 1.82) is 0 Å². The van der Waals surface area contributed by atoms with Gasteiger partial charge in [0.1, 0.15) is 0 Å². The van der Waals surface area contributed by atoms with Crippen LogP contribution in [-0.4, -0.2) is 43.0 Å². The maximum atomic E-state index is 2.66. The third-order valence-electron chi connectivity index (χ3n) is 4.46. The summed E-state index contributed by atoms with van der Waals surface area (Å²) >= 11 is 0. The minimum atomic E-state index is 0.236. The molecule has 1 saturated heterocycles. The van der Waals surface area contributed by atoms with Gasteiger partial charge in [-0.3, -0.25) is 4.90 Å². The molecular weight excluding hydrogens is 256 g/mol. The molecule has 0 bridgehead atoms. The van der Waals surface area contributed by atoms with E-state index in [9.17, 15) is 0 Å². The summed E-state index contributed by atoms with van der Waals surface area (Å²) in [7, 11) is 2.24. The van der Waals surface area contributed by atoms with Gasteiger partial charge in [-0.15, -0.1) is 0 Å². The van der Waals surface area contributed by atoms with E-state index in [1.54, 1.807) is 0 Å². The standard InChI is InChI=1S/C19H32N2/c1-15(2)13-21-12-11-20(6)14-18(21)16-7-9-17(10-8-16)19(3,4)5/h7-10,15,18H,11-14H2,1-6H3. The number of nitrogens with zero attached hydrogens (tertiary/aromatic N) is 2. The summed E-state index contributed by atoms with van der Waals surface area (Å²) in [5.74, 6) is 0.727. The van der Waals surface area contributed by atoms with Crippen molar-refractivity contribution in [1.82, 2.24) is 9.80 Å². The van der Waals surface area contributed by atoms with Gasteiger partial charge >= 0.3 is 0 Å². The van der Waals surface area contributed by atoms with Gasteiger partial charge in [0.25, 0.3) is 0 Å². The minimum absolute atomic E-state index is 0.236. The average Bonchev–Trinajstić information content (AvgIpc) is 2.39. The molecule has 2 nitrogen and oxygen atoms in total. The molecule has 1 heterocycles. The maximum Gasteiger partial charge on any atom is 0.0475 e. The molecule has 1 fully saturated rings. The third-order valence-corrected chi connectivity index (χ3v) is 4.46. The lowest BCUT2D eigenvalue weighted by atomic mass is 9.86. The van der Waals surface area contributed by atoms with Crippen LogP contribution < -0.4 is 0 Å². The Morgan fingerprint density at radius 2 is 1.71 bits per heavy atom. The molecule has 0 spiro atoms. The van der Waals surface area contributed by atoms with E-state index in [0.29, 0.717) is 6.04 Å². The molecule has 0 aliphatic carbocycles. The summed E-state index contributed by atoms with van der Waals surface area (Å²) in [6, 6.07) is 9.87. The second-order valence-electron chi connectivity index (χ2n) is 8.04. The average molecular weight is 288 g/mol. The predicted octanol–water partition coefficient (Wildman–Crippen LogP) is 3.93. The molecule has 1 unspecified atom stereocenters. The van der Waals surface area contributed by atoms with Crippen molar-refractivity contribution in [3.8, 4) is 0 Å². The summed E-state index contributed by atoms with van der Waals surface area (Å²) < 4.78 is 0. The second-order valence-corrected chi connectivity index (χ2v) is 8.04. The topological polar surface area (TPSA) is 6.48 Å². The van der Waals surface area contributed by atoms with Crippen LogP contribution in [0.5, 0.6) is 0 Å². The van der Waals surface area contributed by atoms with Crippen LogP contribution in [0.1, 0.15) is 51.8 Å². The van der Waals surface area contributed by atoms with Crippen molar-refractivity contribution >= 4 is 0 Å². The molecular formula is C19H32N2. The van der Waals surface area contributed by atoms with Crippen molar-refractivity contribution in [3.05, 3.63) is 35.4 Å². The van der Waals surface area contributed by atoms with E-state index in [0.717, 1.165) is 12.5 Å². The largest absolute Gasteiger partial charge is 0.303 e. The molecule has 1 aliphatic rings.